The largest absolute Gasteiger partial charge is 0.465 e. The Hall–Kier alpha value is -1.73. The number of hydrogen-bond donors (Lipinski definition) is 0. The van der Waals surface area contributed by atoms with Gasteiger partial charge in [0.15, 0.2) is 0 Å². The molecule has 0 bridgehead atoms. The molecule has 8 heteroatoms. The fraction of sp³-hybridized carbons (Fsp3) is 0.364. The number of halogens is 6. The van der Waals surface area contributed by atoms with E-state index < -0.39 is 40.6 Å². The summed E-state index contributed by atoms with van der Waals surface area (Å²) in [7, 11) is 0.843. The van der Waals surface area contributed by atoms with Crippen LogP contribution in [-0.4, -0.2) is 13.1 Å². The summed E-state index contributed by atoms with van der Waals surface area (Å²) in [5, 5.41) is 0. The van der Waals surface area contributed by atoms with Crippen molar-refractivity contribution in [1.82, 2.24) is 0 Å². The number of carbonyl (C=O) groups excluding carboxylic acids is 1. The molecule has 2 nitrogen and oxygen atoms in total. The quantitative estimate of drug-likeness (QED) is 0.579. The lowest BCUT2D eigenvalue weighted by atomic mass is 9.96. The van der Waals surface area contributed by atoms with Crippen LogP contribution in [0.4, 0.5) is 26.3 Å². The number of benzene rings is 1. The number of rotatable bonds is 1. The Balaban J connectivity index is 3.65. The Labute approximate surface area is 104 Å². The van der Waals surface area contributed by atoms with E-state index in [9.17, 15) is 31.1 Å². The second-order valence-corrected chi connectivity index (χ2v) is 3.65. The van der Waals surface area contributed by atoms with E-state index >= 15 is 0 Å². The third-order valence-electron chi connectivity index (χ3n) is 2.46. The Morgan fingerprint density at radius 1 is 1.05 bits per heavy atom. The molecule has 0 spiro atoms. The number of methoxy groups -OCH3 is 1. The molecule has 0 saturated carbocycles. The lowest BCUT2D eigenvalue weighted by Gasteiger charge is -2.18. The highest BCUT2D eigenvalue weighted by atomic mass is 19.4. The topological polar surface area (TPSA) is 26.3 Å². The third kappa shape index (κ3) is 2.99. The van der Waals surface area contributed by atoms with Crippen molar-refractivity contribution in [2.45, 2.75) is 19.3 Å². The molecule has 1 rings (SSSR count). The summed E-state index contributed by atoms with van der Waals surface area (Å²) < 4.78 is 80.2. The van der Waals surface area contributed by atoms with Gasteiger partial charge in [-0.15, -0.1) is 0 Å². The molecule has 19 heavy (non-hydrogen) atoms. The molecule has 0 unspecified atom stereocenters. The van der Waals surface area contributed by atoms with Gasteiger partial charge in [0, 0.05) is 0 Å². The Bertz CT molecular complexity index is 501. The SMILES string of the molecule is COC(=O)c1ccc(C(F)(F)F)c(C)c1C(F)(F)F. The molecule has 0 aromatic heterocycles. The van der Waals surface area contributed by atoms with Crippen LogP contribution in [-0.2, 0) is 17.1 Å². The maximum Gasteiger partial charge on any atom is 0.417 e. The molecule has 0 aliphatic rings. The normalized spacial score (nSPS) is 12.4. The van der Waals surface area contributed by atoms with Crippen molar-refractivity contribution in [2.75, 3.05) is 7.11 Å². The van der Waals surface area contributed by atoms with Crippen LogP contribution in [0, 0.1) is 6.92 Å². The monoisotopic (exact) mass is 286 g/mol. The summed E-state index contributed by atoms with van der Waals surface area (Å²) in [5.41, 5.74) is -5.06. The van der Waals surface area contributed by atoms with Gasteiger partial charge in [-0.2, -0.15) is 26.3 Å². The van der Waals surface area contributed by atoms with Crippen LogP contribution in [0.5, 0.6) is 0 Å². The summed E-state index contributed by atoms with van der Waals surface area (Å²) in [6.07, 6.45) is -10.0. The van der Waals surface area contributed by atoms with Crippen LogP contribution in [0.3, 0.4) is 0 Å². The van der Waals surface area contributed by atoms with Gasteiger partial charge in [-0.25, -0.2) is 4.79 Å². The first-order valence-electron chi connectivity index (χ1n) is 4.86. The first kappa shape index (κ1) is 15.3. The predicted molar refractivity (Wildman–Crippen MR) is 52.5 cm³/mol. The zero-order chi connectivity index (χ0) is 15.0. The van der Waals surface area contributed by atoms with Gasteiger partial charge in [-0.1, -0.05) is 0 Å². The highest BCUT2D eigenvalue weighted by molar-refractivity contribution is 5.91. The smallest absolute Gasteiger partial charge is 0.417 e. The Morgan fingerprint density at radius 2 is 1.58 bits per heavy atom. The predicted octanol–water partition coefficient (Wildman–Crippen LogP) is 3.82. The fourth-order valence-corrected chi connectivity index (χ4v) is 1.66. The van der Waals surface area contributed by atoms with Crippen molar-refractivity contribution in [3.05, 3.63) is 34.4 Å². The van der Waals surface area contributed by atoms with Gasteiger partial charge >= 0.3 is 18.3 Å². The molecule has 0 aliphatic carbocycles. The van der Waals surface area contributed by atoms with Gasteiger partial charge in [-0.05, 0) is 24.6 Å². The lowest BCUT2D eigenvalue weighted by Crippen LogP contribution is -2.19. The average molecular weight is 286 g/mol. The van der Waals surface area contributed by atoms with Crippen molar-refractivity contribution < 1.29 is 35.9 Å². The summed E-state index contributed by atoms with van der Waals surface area (Å²) in [6.45, 7) is 0.665. The molecule has 106 valence electrons. The van der Waals surface area contributed by atoms with Gasteiger partial charge in [0.2, 0.25) is 0 Å². The van der Waals surface area contributed by atoms with E-state index in [0.717, 1.165) is 7.11 Å². The first-order valence-corrected chi connectivity index (χ1v) is 4.86. The van der Waals surface area contributed by atoms with Crippen LogP contribution in [0.1, 0.15) is 27.0 Å². The number of hydrogen-bond acceptors (Lipinski definition) is 2. The molecular weight excluding hydrogens is 278 g/mol. The zero-order valence-electron chi connectivity index (χ0n) is 9.74. The standard InChI is InChI=1S/C11H8F6O2/c1-5-7(10(12,13)14)4-3-6(9(18)19-2)8(5)11(15,16)17/h3-4H,1-2H3. The molecule has 0 fully saturated rings. The van der Waals surface area contributed by atoms with E-state index in [1.54, 1.807) is 0 Å². The van der Waals surface area contributed by atoms with Crippen LogP contribution in [0.2, 0.25) is 0 Å². The molecule has 1 aromatic rings. The molecule has 0 heterocycles. The number of alkyl halides is 6. The van der Waals surface area contributed by atoms with Crippen molar-refractivity contribution >= 4 is 5.97 Å². The number of esters is 1. The maximum absolute atomic E-state index is 12.8. The Morgan fingerprint density at radius 3 is 1.95 bits per heavy atom. The highest BCUT2D eigenvalue weighted by Gasteiger charge is 2.42. The molecule has 0 aliphatic heterocycles. The van der Waals surface area contributed by atoms with Crippen molar-refractivity contribution in [1.29, 1.82) is 0 Å². The molecule has 0 saturated heterocycles. The minimum absolute atomic E-state index is 0.427. The van der Waals surface area contributed by atoms with Gasteiger partial charge < -0.3 is 4.74 Å². The van der Waals surface area contributed by atoms with Crippen LogP contribution < -0.4 is 0 Å². The van der Waals surface area contributed by atoms with E-state index in [1.807, 2.05) is 0 Å². The molecule has 0 amide bonds. The van der Waals surface area contributed by atoms with Gasteiger partial charge in [0.05, 0.1) is 23.8 Å². The molecular formula is C11H8F6O2. The summed E-state index contributed by atoms with van der Waals surface area (Å²) in [6, 6.07) is 0.890. The molecule has 0 radical (unpaired) electrons. The van der Waals surface area contributed by atoms with E-state index in [0.29, 0.717) is 19.1 Å². The number of ether oxygens (including phenoxy) is 1. The van der Waals surface area contributed by atoms with Crippen LogP contribution >= 0.6 is 0 Å². The van der Waals surface area contributed by atoms with Crippen LogP contribution in [0.25, 0.3) is 0 Å². The van der Waals surface area contributed by atoms with Gasteiger partial charge in [0.1, 0.15) is 0 Å². The zero-order valence-corrected chi connectivity index (χ0v) is 9.74. The van der Waals surface area contributed by atoms with E-state index in [1.165, 1.54) is 0 Å². The summed E-state index contributed by atoms with van der Waals surface area (Å²) >= 11 is 0. The van der Waals surface area contributed by atoms with Gasteiger partial charge in [-0.3, -0.25) is 0 Å². The third-order valence-corrected chi connectivity index (χ3v) is 2.46. The van der Waals surface area contributed by atoms with Crippen LogP contribution in [0.15, 0.2) is 12.1 Å². The number of carbonyl (C=O) groups is 1. The van der Waals surface area contributed by atoms with Crippen molar-refractivity contribution in [3.63, 3.8) is 0 Å². The minimum atomic E-state index is -5.09. The second-order valence-electron chi connectivity index (χ2n) is 3.65. The summed E-state index contributed by atoms with van der Waals surface area (Å²) in [5.74, 6) is -1.34. The average Bonchev–Trinajstić information content (AvgIpc) is 2.23. The van der Waals surface area contributed by atoms with Crippen molar-refractivity contribution in [2.24, 2.45) is 0 Å². The first-order chi connectivity index (χ1) is 8.50. The molecule has 0 N–H and O–H groups in total. The fourth-order valence-electron chi connectivity index (χ4n) is 1.66. The highest BCUT2D eigenvalue weighted by Crippen LogP contribution is 2.40. The summed E-state index contributed by atoms with van der Waals surface area (Å²) in [4.78, 5) is 11.2. The van der Waals surface area contributed by atoms with E-state index in [2.05, 4.69) is 4.74 Å². The lowest BCUT2D eigenvalue weighted by molar-refractivity contribution is -0.144. The van der Waals surface area contributed by atoms with Crippen molar-refractivity contribution in [3.8, 4) is 0 Å². The Kier molecular flexibility index (Phi) is 3.83. The van der Waals surface area contributed by atoms with E-state index in [4.69, 9.17) is 0 Å². The minimum Gasteiger partial charge on any atom is -0.465 e. The maximum atomic E-state index is 12.8. The van der Waals surface area contributed by atoms with Gasteiger partial charge in [0.25, 0.3) is 0 Å². The molecule has 0 atom stereocenters. The van der Waals surface area contributed by atoms with E-state index in [-0.39, 0.29) is 0 Å². The molecule has 1 aromatic carbocycles. The second kappa shape index (κ2) is 4.75.